The Hall–Kier alpha value is -3.92. The van der Waals surface area contributed by atoms with Crippen molar-refractivity contribution in [2.45, 2.75) is 32.3 Å². The van der Waals surface area contributed by atoms with E-state index in [1.165, 1.54) is 6.92 Å². The van der Waals surface area contributed by atoms with Crippen LogP contribution in [0.4, 0.5) is 5.69 Å². The van der Waals surface area contributed by atoms with Gasteiger partial charge in [-0.1, -0.05) is 30.3 Å². The molecule has 1 aromatic heterocycles. The van der Waals surface area contributed by atoms with Crippen LogP contribution >= 0.6 is 0 Å². The number of fused-ring (bicyclic) bond motifs is 1. The lowest BCUT2D eigenvalue weighted by atomic mass is 10.2. The van der Waals surface area contributed by atoms with E-state index in [4.69, 9.17) is 10.00 Å². The third-order valence-corrected chi connectivity index (χ3v) is 5.08. The fourth-order valence-electron chi connectivity index (χ4n) is 3.58. The highest BCUT2D eigenvalue weighted by atomic mass is 16.5. The van der Waals surface area contributed by atoms with Gasteiger partial charge in [-0.3, -0.25) is 4.79 Å². The molecule has 0 radical (unpaired) electrons. The molecule has 1 heterocycles. The average molecular weight is 400 g/mol. The Morgan fingerprint density at radius 3 is 2.63 bits per heavy atom. The Morgan fingerprint density at radius 1 is 1.13 bits per heavy atom. The lowest BCUT2D eigenvalue weighted by Gasteiger charge is -2.13. The van der Waals surface area contributed by atoms with Gasteiger partial charge in [-0.25, -0.2) is 9.48 Å². The SMILES string of the molecule is CC(OC(=O)c1nn(-c2ccccc2)c2c1CCC2)C(=O)Nc1ccccc1C#N. The summed E-state index contributed by atoms with van der Waals surface area (Å²) in [5.74, 6) is -1.13. The van der Waals surface area contributed by atoms with Crippen molar-refractivity contribution in [1.82, 2.24) is 9.78 Å². The van der Waals surface area contributed by atoms with Gasteiger partial charge in [-0.05, 0) is 50.5 Å². The Morgan fingerprint density at radius 2 is 1.87 bits per heavy atom. The molecule has 0 saturated carbocycles. The van der Waals surface area contributed by atoms with Gasteiger partial charge < -0.3 is 10.1 Å². The van der Waals surface area contributed by atoms with Crippen molar-refractivity contribution >= 4 is 17.6 Å². The van der Waals surface area contributed by atoms with Gasteiger partial charge in [0.2, 0.25) is 0 Å². The second-order valence-corrected chi connectivity index (χ2v) is 7.07. The summed E-state index contributed by atoms with van der Waals surface area (Å²) in [6.45, 7) is 1.50. The Bertz CT molecular complexity index is 1150. The molecule has 1 atom stereocenters. The monoisotopic (exact) mass is 400 g/mol. The minimum atomic E-state index is -1.04. The summed E-state index contributed by atoms with van der Waals surface area (Å²) in [4.78, 5) is 25.3. The van der Waals surface area contributed by atoms with Crippen molar-refractivity contribution in [2.75, 3.05) is 5.32 Å². The van der Waals surface area contributed by atoms with Crippen molar-refractivity contribution in [3.05, 3.63) is 77.1 Å². The van der Waals surface area contributed by atoms with E-state index in [1.54, 1.807) is 28.9 Å². The van der Waals surface area contributed by atoms with E-state index >= 15 is 0 Å². The van der Waals surface area contributed by atoms with Crippen LogP contribution in [0.3, 0.4) is 0 Å². The van der Waals surface area contributed by atoms with Gasteiger partial charge in [0.1, 0.15) is 6.07 Å². The van der Waals surface area contributed by atoms with E-state index in [0.717, 1.165) is 36.2 Å². The van der Waals surface area contributed by atoms with E-state index in [2.05, 4.69) is 10.4 Å². The van der Waals surface area contributed by atoms with Gasteiger partial charge in [0.15, 0.2) is 11.8 Å². The molecule has 0 saturated heterocycles. The molecule has 2 aromatic carbocycles. The van der Waals surface area contributed by atoms with Crippen LogP contribution in [0.2, 0.25) is 0 Å². The third-order valence-electron chi connectivity index (χ3n) is 5.08. The molecule has 1 N–H and O–H groups in total. The first-order chi connectivity index (χ1) is 14.6. The predicted molar refractivity (Wildman–Crippen MR) is 110 cm³/mol. The number of hydrogen-bond acceptors (Lipinski definition) is 5. The van der Waals surface area contributed by atoms with Crippen molar-refractivity contribution < 1.29 is 14.3 Å². The standard InChI is InChI=1S/C23H20N4O3/c1-15(22(28)25-19-12-6-5-8-16(19)14-24)30-23(29)21-18-11-7-13-20(18)27(26-21)17-9-3-2-4-10-17/h2-6,8-10,12,15H,7,11,13H2,1H3,(H,25,28). The van der Waals surface area contributed by atoms with Crippen LogP contribution in [0.15, 0.2) is 54.6 Å². The fraction of sp³-hybridized carbons (Fsp3) is 0.217. The molecule has 7 heteroatoms. The number of para-hydroxylation sites is 2. The molecule has 0 aliphatic heterocycles. The number of hydrogen-bond donors (Lipinski definition) is 1. The number of nitrogens with one attached hydrogen (secondary N) is 1. The topological polar surface area (TPSA) is 97.0 Å². The summed E-state index contributed by atoms with van der Waals surface area (Å²) in [6, 6.07) is 18.3. The number of nitriles is 1. The van der Waals surface area contributed by atoms with Gasteiger partial charge >= 0.3 is 5.97 Å². The minimum absolute atomic E-state index is 0.253. The second kappa shape index (κ2) is 8.21. The maximum absolute atomic E-state index is 12.8. The maximum Gasteiger partial charge on any atom is 0.359 e. The number of carbonyl (C=O) groups excluding carboxylic acids is 2. The number of aromatic nitrogens is 2. The van der Waals surface area contributed by atoms with Gasteiger partial charge in [0, 0.05) is 11.3 Å². The van der Waals surface area contributed by atoms with Gasteiger partial charge in [0.05, 0.1) is 16.9 Å². The van der Waals surface area contributed by atoms with E-state index in [1.807, 2.05) is 36.4 Å². The first kappa shape index (κ1) is 19.4. The highest BCUT2D eigenvalue weighted by molar-refractivity contribution is 5.98. The smallest absolute Gasteiger partial charge is 0.359 e. The molecule has 0 fully saturated rings. The highest BCUT2D eigenvalue weighted by Gasteiger charge is 2.30. The van der Waals surface area contributed by atoms with Crippen LogP contribution in [-0.2, 0) is 22.4 Å². The second-order valence-electron chi connectivity index (χ2n) is 7.07. The minimum Gasteiger partial charge on any atom is -0.448 e. The van der Waals surface area contributed by atoms with Crippen LogP contribution in [0.5, 0.6) is 0 Å². The molecular weight excluding hydrogens is 380 g/mol. The van der Waals surface area contributed by atoms with Gasteiger partial charge in [-0.15, -0.1) is 0 Å². The zero-order valence-electron chi connectivity index (χ0n) is 16.5. The molecule has 1 unspecified atom stereocenters. The summed E-state index contributed by atoms with van der Waals surface area (Å²) in [7, 11) is 0. The molecule has 0 bridgehead atoms. The number of esters is 1. The van der Waals surface area contributed by atoms with Crippen LogP contribution in [0, 0.1) is 11.3 Å². The third kappa shape index (κ3) is 3.67. The fourth-order valence-corrected chi connectivity index (χ4v) is 3.58. The quantitative estimate of drug-likeness (QED) is 0.662. The molecule has 1 aliphatic carbocycles. The molecule has 1 amide bonds. The Kier molecular flexibility index (Phi) is 5.31. The number of rotatable bonds is 5. The zero-order valence-corrected chi connectivity index (χ0v) is 16.5. The molecule has 0 spiro atoms. The Balaban J connectivity index is 1.52. The molecule has 7 nitrogen and oxygen atoms in total. The molecule has 30 heavy (non-hydrogen) atoms. The largest absolute Gasteiger partial charge is 0.448 e. The van der Waals surface area contributed by atoms with Crippen LogP contribution < -0.4 is 5.32 Å². The molecule has 150 valence electrons. The predicted octanol–water partition coefficient (Wildman–Crippen LogP) is 3.42. The number of benzene rings is 2. The first-order valence-corrected chi connectivity index (χ1v) is 9.75. The van der Waals surface area contributed by atoms with E-state index < -0.39 is 18.0 Å². The van der Waals surface area contributed by atoms with E-state index in [0.29, 0.717) is 11.3 Å². The molecule has 4 rings (SSSR count). The summed E-state index contributed by atoms with van der Waals surface area (Å²) < 4.78 is 7.19. The average Bonchev–Trinajstić information content (AvgIpc) is 3.37. The number of anilines is 1. The lowest BCUT2D eigenvalue weighted by Crippen LogP contribution is -2.30. The number of ether oxygens (including phenoxy) is 1. The van der Waals surface area contributed by atoms with Gasteiger partial charge in [-0.2, -0.15) is 10.4 Å². The van der Waals surface area contributed by atoms with E-state index in [-0.39, 0.29) is 5.69 Å². The van der Waals surface area contributed by atoms with Crippen molar-refractivity contribution in [3.8, 4) is 11.8 Å². The molecular formula is C23H20N4O3. The molecule has 3 aromatic rings. The summed E-state index contributed by atoms with van der Waals surface area (Å²) >= 11 is 0. The number of carbonyl (C=O) groups is 2. The maximum atomic E-state index is 12.8. The van der Waals surface area contributed by atoms with E-state index in [9.17, 15) is 9.59 Å². The lowest BCUT2D eigenvalue weighted by molar-refractivity contribution is -0.123. The Labute approximate surface area is 173 Å². The molecule has 1 aliphatic rings. The first-order valence-electron chi connectivity index (χ1n) is 9.75. The highest BCUT2D eigenvalue weighted by Crippen LogP contribution is 2.28. The van der Waals surface area contributed by atoms with Gasteiger partial charge in [0.25, 0.3) is 5.91 Å². The zero-order chi connectivity index (χ0) is 21.1. The van der Waals surface area contributed by atoms with Crippen LogP contribution in [0.1, 0.15) is 40.7 Å². The number of amides is 1. The summed E-state index contributed by atoms with van der Waals surface area (Å²) in [5, 5.41) is 16.3. The van der Waals surface area contributed by atoms with Crippen molar-refractivity contribution in [1.29, 1.82) is 5.26 Å². The number of nitrogens with zero attached hydrogens (tertiary/aromatic N) is 3. The van der Waals surface area contributed by atoms with Crippen LogP contribution in [-0.4, -0.2) is 27.8 Å². The van der Waals surface area contributed by atoms with Crippen molar-refractivity contribution in [2.24, 2.45) is 0 Å². The summed E-state index contributed by atoms with van der Waals surface area (Å²) in [6.07, 6.45) is 1.50. The normalized spacial score (nSPS) is 13.2. The van der Waals surface area contributed by atoms with Crippen LogP contribution in [0.25, 0.3) is 5.69 Å². The van der Waals surface area contributed by atoms with Crippen molar-refractivity contribution in [3.63, 3.8) is 0 Å². The summed E-state index contributed by atoms with van der Waals surface area (Å²) in [5.41, 5.74) is 3.74.